The van der Waals surface area contributed by atoms with Crippen molar-refractivity contribution in [1.82, 2.24) is 10.2 Å². The van der Waals surface area contributed by atoms with Crippen molar-refractivity contribution in [2.45, 2.75) is 44.8 Å². The number of rotatable bonds is 5. The number of hydrogen-bond acceptors (Lipinski definition) is 3. The number of thiocarbonyl (C=S) groups is 1. The molecule has 0 atom stereocenters. The molecule has 2 aliphatic rings. The van der Waals surface area contributed by atoms with Crippen LogP contribution < -0.4 is 10.1 Å². The quantitative estimate of drug-likeness (QED) is 0.242. The van der Waals surface area contributed by atoms with E-state index in [-0.39, 0.29) is 17.8 Å². The minimum absolute atomic E-state index is 0.0430. The molecular formula is C23H21FI2N2O2S. The first kappa shape index (κ1) is 22.9. The number of nitrogens with one attached hydrogen (secondary N) is 1. The number of hydrogen-bond donors (Lipinski definition) is 1. The number of carbonyl (C=O) groups excluding carboxylic acids is 1. The van der Waals surface area contributed by atoms with Gasteiger partial charge in [-0.2, -0.15) is 0 Å². The van der Waals surface area contributed by atoms with Crippen LogP contribution in [0.5, 0.6) is 5.75 Å². The summed E-state index contributed by atoms with van der Waals surface area (Å²) in [5, 5.41) is 3.61. The molecule has 1 heterocycles. The fourth-order valence-corrected chi connectivity index (χ4v) is 6.39. The molecule has 31 heavy (non-hydrogen) atoms. The number of carbonyl (C=O) groups is 1. The maximum absolute atomic E-state index is 13.1. The molecule has 8 heteroatoms. The lowest BCUT2D eigenvalue weighted by molar-refractivity contribution is -0.124. The van der Waals surface area contributed by atoms with E-state index >= 15 is 0 Å². The number of ether oxygens (including phenoxy) is 1. The van der Waals surface area contributed by atoms with Crippen LogP contribution in [0.15, 0.2) is 42.1 Å². The molecule has 0 aromatic heterocycles. The summed E-state index contributed by atoms with van der Waals surface area (Å²) in [7, 11) is 0. The summed E-state index contributed by atoms with van der Waals surface area (Å²) < 4.78 is 20.9. The normalized spacial score (nSPS) is 18.5. The largest absolute Gasteiger partial charge is 0.487 e. The van der Waals surface area contributed by atoms with Crippen molar-refractivity contribution < 1.29 is 13.9 Å². The molecule has 1 amide bonds. The van der Waals surface area contributed by atoms with Gasteiger partial charge in [0.15, 0.2) is 5.11 Å². The molecule has 0 bridgehead atoms. The lowest BCUT2D eigenvalue weighted by Gasteiger charge is -2.29. The topological polar surface area (TPSA) is 41.6 Å². The van der Waals surface area contributed by atoms with Gasteiger partial charge in [-0.25, -0.2) is 4.39 Å². The van der Waals surface area contributed by atoms with Crippen molar-refractivity contribution in [2.75, 3.05) is 0 Å². The summed E-state index contributed by atoms with van der Waals surface area (Å²) in [6.07, 6.45) is 7.39. The summed E-state index contributed by atoms with van der Waals surface area (Å²) in [6.45, 7) is 0.359. The van der Waals surface area contributed by atoms with Crippen molar-refractivity contribution >= 4 is 74.5 Å². The molecule has 0 radical (unpaired) electrons. The minimum atomic E-state index is -0.262. The van der Waals surface area contributed by atoms with Crippen LogP contribution in [0.4, 0.5) is 4.39 Å². The Morgan fingerprint density at radius 3 is 2.42 bits per heavy atom. The molecule has 2 aromatic rings. The molecule has 1 saturated carbocycles. The monoisotopic (exact) mass is 662 g/mol. The number of benzene rings is 2. The van der Waals surface area contributed by atoms with Gasteiger partial charge in [0, 0.05) is 6.04 Å². The van der Waals surface area contributed by atoms with E-state index in [1.807, 2.05) is 18.2 Å². The molecule has 1 aliphatic carbocycles. The molecule has 4 rings (SSSR count). The van der Waals surface area contributed by atoms with Crippen molar-refractivity contribution in [3.8, 4) is 5.75 Å². The van der Waals surface area contributed by atoms with Gasteiger partial charge in [-0.15, -0.1) is 0 Å². The molecule has 4 nitrogen and oxygen atoms in total. The highest BCUT2D eigenvalue weighted by atomic mass is 127. The zero-order chi connectivity index (χ0) is 22.0. The molecule has 162 valence electrons. The van der Waals surface area contributed by atoms with E-state index in [1.165, 1.54) is 18.6 Å². The Morgan fingerprint density at radius 1 is 1.13 bits per heavy atom. The lowest BCUT2D eigenvalue weighted by Crippen LogP contribution is -2.41. The second-order valence-corrected chi connectivity index (χ2v) is 10.4. The van der Waals surface area contributed by atoms with Crippen LogP contribution in [0.3, 0.4) is 0 Å². The summed E-state index contributed by atoms with van der Waals surface area (Å²) in [6, 6.07) is 10.5. The third kappa shape index (κ3) is 5.39. The molecule has 1 saturated heterocycles. The highest BCUT2D eigenvalue weighted by Crippen LogP contribution is 2.32. The standard InChI is InChI=1S/C23H21FI2N2O2S/c24-16-8-6-14(7-9-16)13-30-21-18(25)10-15(11-19(21)26)12-20-22(29)28(23(31)27-20)17-4-2-1-3-5-17/h6-12,17H,1-5,13H2,(H,27,31)/b20-12-. The van der Waals surface area contributed by atoms with Gasteiger partial charge in [-0.1, -0.05) is 31.4 Å². The minimum Gasteiger partial charge on any atom is -0.487 e. The third-order valence-electron chi connectivity index (χ3n) is 5.48. The van der Waals surface area contributed by atoms with Crippen molar-refractivity contribution in [3.05, 3.63) is 66.2 Å². The average Bonchev–Trinajstić information content (AvgIpc) is 3.02. The first-order valence-corrected chi connectivity index (χ1v) is 12.7. The second kappa shape index (κ2) is 10.1. The predicted molar refractivity (Wildman–Crippen MR) is 140 cm³/mol. The van der Waals surface area contributed by atoms with Gasteiger partial charge in [-0.05, 0) is 112 Å². The van der Waals surface area contributed by atoms with Gasteiger partial charge >= 0.3 is 0 Å². The van der Waals surface area contributed by atoms with Gasteiger partial charge in [0.25, 0.3) is 5.91 Å². The fraction of sp³-hybridized carbons (Fsp3) is 0.304. The Labute approximate surface area is 213 Å². The van der Waals surface area contributed by atoms with Crippen LogP contribution in [0.1, 0.15) is 43.2 Å². The summed E-state index contributed by atoms with van der Waals surface area (Å²) in [4.78, 5) is 14.8. The Morgan fingerprint density at radius 2 is 1.77 bits per heavy atom. The smallest absolute Gasteiger partial charge is 0.276 e. The molecule has 2 aromatic carbocycles. The zero-order valence-electron chi connectivity index (χ0n) is 16.7. The first-order valence-electron chi connectivity index (χ1n) is 10.1. The van der Waals surface area contributed by atoms with Crippen LogP contribution in [0, 0.1) is 13.0 Å². The van der Waals surface area contributed by atoms with Crippen LogP contribution in [-0.4, -0.2) is 22.0 Å². The van der Waals surface area contributed by atoms with E-state index in [0.717, 1.165) is 49.7 Å². The van der Waals surface area contributed by atoms with Crippen LogP contribution in [0.2, 0.25) is 0 Å². The van der Waals surface area contributed by atoms with E-state index in [2.05, 4.69) is 50.5 Å². The van der Waals surface area contributed by atoms with Gasteiger partial charge in [-0.3, -0.25) is 9.69 Å². The molecule has 2 fully saturated rings. The van der Waals surface area contributed by atoms with Gasteiger partial charge in [0.1, 0.15) is 23.9 Å². The Hall–Kier alpha value is -1.27. The predicted octanol–water partition coefficient (Wildman–Crippen LogP) is 6.00. The van der Waals surface area contributed by atoms with E-state index in [9.17, 15) is 9.18 Å². The van der Waals surface area contributed by atoms with E-state index in [1.54, 1.807) is 17.0 Å². The Kier molecular flexibility index (Phi) is 7.48. The highest BCUT2D eigenvalue weighted by molar-refractivity contribution is 14.1. The van der Waals surface area contributed by atoms with Gasteiger partial charge in [0.05, 0.1) is 7.14 Å². The SMILES string of the molecule is O=C1/C(=C/c2cc(I)c(OCc3ccc(F)cc3)c(I)c2)NC(=S)N1C1CCCCC1. The van der Waals surface area contributed by atoms with Crippen LogP contribution >= 0.6 is 57.4 Å². The van der Waals surface area contributed by atoms with E-state index in [0.29, 0.717) is 17.4 Å². The van der Waals surface area contributed by atoms with E-state index in [4.69, 9.17) is 17.0 Å². The van der Waals surface area contributed by atoms with Crippen molar-refractivity contribution in [3.63, 3.8) is 0 Å². The summed E-state index contributed by atoms with van der Waals surface area (Å²) >= 11 is 9.93. The highest BCUT2D eigenvalue weighted by Gasteiger charge is 2.36. The number of amides is 1. The summed E-state index contributed by atoms with van der Waals surface area (Å²) in [5.41, 5.74) is 2.32. The fourth-order valence-electron chi connectivity index (χ4n) is 3.92. The molecule has 1 aliphatic heterocycles. The van der Waals surface area contributed by atoms with E-state index < -0.39 is 0 Å². The molecule has 1 N–H and O–H groups in total. The third-order valence-corrected chi connectivity index (χ3v) is 7.38. The number of nitrogens with zero attached hydrogens (tertiary/aromatic N) is 1. The average molecular weight is 662 g/mol. The first-order chi connectivity index (χ1) is 14.9. The van der Waals surface area contributed by atoms with Crippen LogP contribution in [0.25, 0.3) is 6.08 Å². The van der Waals surface area contributed by atoms with Crippen molar-refractivity contribution in [1.29, 1.82) is 0 Å². The summed E-state index contributed by atoms with van der Waals surface area (Å²) in [5.74, 6) is 0.471. The second-order valence-electron chi connectivity index (χ2n) is 7.68. The molecule has 0 unspecified atom stereocenters. The van der Waals surface area contributed by atoms with Gasteiger partial charge < -0.3 is 10.1 Å². The lowest BCUT2D eigenvalue weighted by atomic mass is 9.94. The number of halogens is 3. The maximum atomic E-state index is 13.1. The zero-order valence-corrected chi connectivity index (χ0v) is 21.8. The van der Waals surface area contributed by atoms with Gasteiger partial charge in [0.2, 0.25) is 0 Å². The Balaban J connectivity index is 1.49. The maximum Gasteiger partial charge on any atom is 0.276 e. The molecular weight excluding hydrogens is 641 g/mol. The Bertz CT molecular complexity index is 1010. The van der Waals surface area contributed by atoms with Crippen LogP contribution in [-0.2, 0) is 11.4 Å². The molecule has 0 spiro atoms. The van der Waals surface area contributed by atoms with Crippen molar-refractivity contribution in [2.24, 2.45) is 0 Å².